The van der Waals surface area contributed by atoms with Gasteiger partial charge in [0.1, 0.15) is 4.21 Å². The Balaban J connectivity index is 1.89. The number of nitrogens with zero attached hydrogens (tertiary/aromatic N) is 1. The third kappa shape index (κ3) is 4.64. The first-order chi connectivity index (χ1) is 10.8. The van der Waals surface area contributed by atoms with Crippen LogP contribution >= 0.6 is 22.9 Å². The summed E-state index contributed by atoms with van der Waals surface area (Å²) in [6.07, 6.45) is 0. The van der Waals surface area contributed by atoms with Gasteiger partial charge in [0.05, 0.1) is 15.6 Å². The monoisotopic (exact) mass is 375 g/mol. The number of non-ortho nitro benzene ring substituents is 1. The number of rotatable bonds is 7. The van der Waals surface area contributed by atoms with E-state index in [1.54, 1.807) is 12.1 Å². The molecule has 1 aromatic carbocycles. The predicted molar refractivity (Wildman–Crippen MR) is 90.8 cm³/mol. The Morgan fingerprint density at radius 3 is 2.57 bits per heavy atom. The van der Waals surface area contributed by atoms with Gasteiger partial charge in [-0.2, -0.15) is 0 Å². The maximum Gasteiger partial charge on any atom is 0.271 e. The quantitative estimate of drug-likeness (QED) is 0.440. The molecule has 2 N–H and O–H groups in total. The number of nitro groups is 1. The summed E-state index contributed by atoms with van der Waals surface area (Å²) in [6.45, 7) is 2.29. The molecular weight excluding hydrogens is 362 g/mol. The third-order valence-electron chi connectivity index (χ3n) is 2.88. The van der Waals surface area contributed by atoms with Gasteiger partial charge in [0.25, 0.3) is 5.69 Å². The lowest BCUT2D eigenvalue weighted by Crippen LogP contribution is -2.28. The van der Waals surface area contributed by atoms with E-state index < -0.39 is 14.9 Å². The lowest BCUT2D eigenvalue weighted by atomic mass is 10.3. The number of hydrogen-bond acceptors (Lipinski definition) is 6. The van der Waals surface area contributed by atoms with Crippen molar-refractivity contribution in [3.63, 3.8) is 0 Å². The van der Waals surface area contributed by atoms with Gasteiger partial charge < -0.3 is 5.32 Å². The van der Waals surface area contributed by atoms with Gasteiger partial charge in [-0.3, -0.25) is 10.1 Å². The average molecular weight is 376 g/mol. The molecule has 0 atom stereocenters. The number of hydrogen-bond donors (Lipinski definition) is 2. The zero-order valence-electron chi connectivity index (χ0n) is 12.1. The molecule has 0 saturated heterocycles. The lowest BCUT2D eigenvalue weighted by molar-refractivity contribution is -0.384. The van der Waals surface area contributed by atoms with Crippen molar-refractivity contribution >= 4 is 44.3 Å². The Hall–Kier alpha value is -1.68. The van der Waals surface area contributed by atoms with Crippen LogP contribution in [0.1, 0.15) is 4.88 Å². The van der Waals surface area contributed by atoms with E-state index in [1.807, 2.05) is 6.92 Å². The minimum atomic E-state index is -3.52. The van der Waals surface area contributed by atoms with Gasteiger partial charge in [0.2, 0.25) is 10.0 Å². The minimum absolute atomic E-state index is 0.102. The highest BCUT2D eigenvalue weighted by Gasteiger charge is 2.15. The maximum atomic E-state index is 12.0. The summed E-state index contributed by atoms with van der Waals surface area (Å²) in [5.41, 5.74) is 0.401. The Bertz CT molecular complexity index is 820. The molecule has 2 aromatic rings. The van der Waals surface area contributed by atoms with Gasteiger partial charge >= 0.3 is 0 Å². The number of thiophene rings is 1. The van der Waals surface area contributed by atoms with Gasteiger partial charge in [0, 0.05) is 30.1 Å². The van der Waals surface area contributed by atoms with Crippen LogP contribution in [0.5, 0.6) is 0 Å². The first-order valence-electron chi connectivity index (χ1n) is 6.53. The predicted octanol–water partition coefficient (Wildman–Crippen LogP) is 3.01. The molecule has 1 aromatic heterocycles. The zero-order chi connectivity index (χ0) is 17.0. The van der Waals surface area contributed by atoms with Crippen molar-refractivity contribution in [1.82, 2.24) is 4.72 Å². The summed E-state index contributed by atoms with van der Waals surface area (Å²) in [4.78, 5) is 11.0. The number of aryl methyl sites for hydroxylation is 1. The molecule has 0 aliphatic rings. The van der Waals surface area contributed by atoms with Gasteiger partial charge in [-0.1, -0.05) is 11.6 Å². The third-order valence-corrected chi connectivity index (χ3v) is 6.14. The van der Waals surface area contributed by atoms with E-state index in [4.69, 9.17) is 11.6 Å². The van der Waals surface area contributed by atoms with Gasteiger partial charge in [-0.05, 0) is 25.1 Å². The van der Waals surface area contributed by atoms with Crippen molar-refractivity contribution in [3.8, 4) is 0 Å². The number of anilines is 1. The molecule has 0 unspecified atom stereocenters. The van der Waals surface area contributed by atoms with Gasteiger partial charge in [0.15, 0.2) is 0 Å². The summed E-state index contributed by atoms with van der Waals surface area (Å²) < 4.78 is 26.8. The fraction of sp³-hybridized carbons (Fsp3) is 0.231. The molecule has 23 heavy (non-hydrogen) atoms. The highest BCUT2D eigenvalue weighted by Crippen LogP contribution is 2.26. The fourth-order valence-corrected chi connectivity index (χ4v) is 4.37. The van der Waals surface area contributed by atoms with Crippen LogP contribution in [0, 0.1) is 17.0 Å². The van der Waals surface area contributed by atoms with Crippen LogP contribution in [0.4, 0.5) is 11.4 Å². The number of nitrogens with one attached hydrogen (secondary N) is 2. The van der Waals surface area contributed by atoms with Gasteiger partial charge in [-0.25, -0.2) is 13.1 Å². The summed E-state index contributed by atoms with van der Waals surface area (Å²) >= 11 is 7.14. The number of nitro benzene ring substituents is 1. The molecule has 0 fully saturated rings. The first kappa shape index (κ1) is 17.7. The van der Waals surface area contributed by atoms with E-state index in [0.29, 0.717) is 12.2 Å². The maximum absolute atomic E-state index is 12.0. The van der Waals surface area contributed by atoms with E-state index in [0.717, 1.165) is 4.88 Å². The molecule has 0 spiro atoms. The topological polar surface area (TPSA) is 101 Å². The molecule has 0 radical (unpaired) electrons. The van der Waals surface area contributed by atoms with Crippen molar-refractivity contribution in [2.45, 2.75) is 11.1 Å². The molecule has 1 heterocycles. The SMILES string of the molecule is Cc1ccc(S(=O)(=O)NCCNc2ccc([N+](=O)[O-])cc2Cl)s1. The molecule has 0 saturated carbocycles. The Labute approximate surface area is 142 Å². The number of sulfonamides is 1. The van der Waals surface area contributed by atoms with Crippen LogP contribution in [0.3, 0.4) is 0 Å². The molecule has 0 aliphatic carbocycles. The molecule has 124 valence electrons. The second-order valence-electron chi connectivity index (χ2n) is 4.61. The number of halogens is 1. The normalized spacial score (nSPS) is 11.4. The van der Waals surface area contributed by atoms with E-state index >= 15 is 0 Å². The van der Waals surface area contributed by atoms with E-state index in [2.05, 4.69) is 10.0 Å². The standard InChI is InChI=1S/C13H14ClN3O4S2/c1-9-2-5-13(22-9)23(20,21)16-7-6-15-12-4-3-10(17(18)19)8-11(12)14/h2-5,8,15-16H,6-7H2,1H3. The van der Waals surface area contributed by atoms with Crippen molar-refractivity contribution < 1.29 is 13.3 Å². The molecular formula is C13H14ClN3O4S2. The minimum Gasteiger partial charge on any atom is -0.383 e. The van der Waals surface area contributed by atoms with Crippen LogP contribution < -0.4 is 10.0 Å². The smallest absolute Gasteiger partial charge is 0.271 e. The summed E-state index contributed by atoms with van der Waals surface area (Å²) in [5, 5.41) is 13.8. The average Bonchev–Trinajstić information content (AvgIpc) is 2.92. The lowest BCUT2D eigenvalue weighted by Gasteiger charge is -2.09. The van der Waals surface area contributed by atoms with Crippen LogP contribution in [0.25, 0.3) is 0 Å². The van der Waals surface area contributed by atoms with Crippen LogP contribution in [0.15, 0.2) is 34.5 Å². The first-order valence-corrected chi connectivity index (χ1v) is 9.21. The van der Waals surface area contributed by atoms with E-state index in [-0.39, 0.29) is 21.5 Å². The molecule has 0 bridgehead atoms. The Morgan fingerprint density at radius 2 is 2.00 bits per heavy atom. The fourth-order valence-electron chi connectivity index (χ4n) is 1.77. The Kier molecular flexibility index (Phi) is 5.58. The largest absolute Gasteiger partial charge is 0.383 e. The summed E-state index contributed by atoms with van der Waals surface area (Å²) in [7, 11) is -3.52. The number of benzene rings is 1. The summed E-state index contributed by atoms with van der Waals surface area (Å²) in [6, 6.07) is 7.35. The van der Waals surface area contributed by atoms with Gasteiger partial charge in [-0.15, -0.1) is 11.3 Å². The highest BCUT2D eigenvalue weighted by molar-refractivity contribution is 7.91. The molecule has 2 rings (SSSR count). The summed E-state index contributed by atoms with van der Waals surface area (Å²) in [5.74, 6) is 0. The molecule has 0 amide bonds. The van der Waals surface area contributed by atoms with Crippen molar-refractivity contribution in [1.29, 1.82) is 0 Å². The zero-order valence-corrected chi connectivity index (χ0v) is 14.5. The van der Waals surface area contributed by atoms with Crippen molar-refractivity contribution in [3.05, 3.63) is 50.3 Å². The van der Waals surface area contributed by atoms with E-state index in [1.165, 1.54) is 29.5 Å². The van der Waals surface area contributed by atoms with Crippen molar-refractivity contribution in [2.24, 2.45) is 0 Å². The van der Waals surface area contributed by atoms with E-state index in [9.17, 15) is 18.5 Å². The molecule has 10 heteroatoms. The molecule has 7 nitrogen and oxygen atoms in total. The van der Waals surface area contributed by atoms with Crippen molar-refractivity contribution in [2.75, 3.05) is 18.4 Å². The Morgan fingerprint density at radius 1 is 1.26 bits per heavy atom. The second kappa shape index (κ2) is 7.26. The van der Waals surface area contributed by atoms with Crippen LogP contribution in [-0.4, -0.2) is 26.4 Å². The van der Waals surface area contributed by atoms with Crippen LogP contribution in [-0.2, 0) is 10.0 Å². The highest BCUT2D eigenvalue weighted by atomic mass is 35.5. The molecule has 0 aliphatic heterocycles. The second-order valence-corrected chi connectivity index (χ2v) is 8.30. The van der Waals surface area contributed by atoms with Crippen LogP contribution in [0.2, 0.25) is 5.02 Å².